The number of halogens is 4. The molecule has 1 saturated heterocycles. The van der Waals surface area contributed by atoms with Gasteiger partial charge in [-0.25, -0.2) is 0 Å². The summed E-state index contributed by atoms with van der Waals surface area (Å²) < 4.78 is 40.3. The second-order valence-corrected chi connectivity index (χ2v) is 6.48. The van der Waals surface area contributed by atoms with Gasteiger partial charge in [-0.1, -0.05) is 0 Å². The average molecular weight is 393 g/mol. The van der Waals surface area contributed by atoms with Gasteiger partial charge in [0.05, 0.1) is 4.88 Å². The van der Waals surface area contributed by atoms with Crippen molar-refractivity contribution >= 4 is 29.7 Å². The molecule has 0 spiro atoms. The Labute approximate surface area is 152 Å². The van der Waals surface area contributed by atoms with Crippen LogP contribution < -0.4 is 15.4 Å². The van der Waals surface area contributed by atoms with Crippen LogP contribution in [0.3, 0.4) is 0 Å². The van der Waals surface area contributed by atoms with Crippen LogP contribution in [0.15, 0.2) is 36.4 Å². The normalized spacial score (nSPS) is 17.0. The molecule has 1 aliphatic heterocycles. The molecule has 25 heavy (non-hydrogen) atoms. The van der Waals surface area contributed by atoms with E-state index in [1.165, 1.54) is 35.6 Å². The Balaban J connectivity index is 0.00000225. The minimum Gasteiger partial charge on any atom is -0.406 e. The highest BCUT2D eigenvalue weighted by Gasteiger charge is 2.31. The van der Waals surface area contributed by atoms with Crippen molar-refractivity contribution in [3.63, 3.8) is 0 Å². The second kappa shape index (κ2) is 8.07. The molecule has 9 heteroatoms. The van der Waals surface area contributed by atoms with Crippen molar-refractivity contribution in [1.29, 1.82) is 0 Å². The summed E-state index contributed by atoms with van der Waals surface area (Å²) in [5, 5.41) is 6.14. The first kappa shape index (κ1) is 19.6. The molecule has 2 heterocycles. The van der Waals surface area contributed by atoms with E-state index in [2.05, 4.69) is 15.4 Å². The molecule has 1 aliphatic rings. The first-order chi connectivity index (χ1) is 11.4. The molecular weight excluding hydrogens is 377 g/mol. The Morgan fingerprint density at radius 1 is 1.20 bits per heavy atom. The van der Waals surface area contributed by atoms with E-state index in [-0.39, 0.29) is 30.1 Å². The number of amides is 1. The Kier molecular flexibility index (Phi) is 6.31. The first-order valence-corrected chi connectivity index (χ1v) is 8.20. The van der Waals surface area contributed by atoms with Gasteiger partial charge in [0, 0.05) is 17.5 Å². The molecule has 0 bridgehead atoms. The third-order valence-corrected chi connectivity index (χ3v) is 4.73. The van der Waals surface area contributed by atoms with Gasteiger partial charge in [0.15, 0.2) is 0 Å². The summed E-state index contributed by atoms with van der Waals surface area (Å²) >= 11 is 1.30. The molecule has 1 amide bonds. The fourth-order valence-electron chi connectivity index (χ4n) is 2.47. The summed E-state index contributed by atoms with van der Waals surface area (Å²) in [6.45, 7) is 1.66. The maximum atomic E-state index is 12.2. The van der Waals surface area contributed by atoms with E-state index in [9.17, 15) is 18.0 Å². The van der Waals surface area contributed by atoms with Gasteiger partial charge in [0.25, 0.3) is 5.91 Å². The van der Waals surface area contributed by atoms with Gasteiger partial charge >= 0.3 is 6.36 Å². The van der Waals surface area contributed by atoms with Crippen LogP contribution in [-0.4, -0.2) is 31.4 Å². The molecule has 0 saturated carbocycles. The zero-order valence-electron chi connectivity index (χ0n) is 12.9. The van der Waals surface area contributed by atoms with Crippen molar-refractivity contribution in [3.05, 3.63) is 41.3 Å². The van der Waals surface area contributed by atoms with Gasteiger partial charge in [-0.05, 0) is 54.9 Å². The predicted octanol–water partition coefficient (Wildman–Crippen LogP) is 3.83. The van der Waals surface area contributed by atoms with Crippen molar-refractivity contribution in [3.8, 4) is 16.2 Å². The summed E-state index contributed by atoms with van der Waals surface area (Å²) in [6.07, 6.45) is -3.80. The number of ether oxygens (including phenoxy) is 1. The Hall–Kier alpha value is -1.77. The molecule has 4 nitrogen and oxygen atoms in total. The lowest BCUT2D eigenvalue weighted by molar-refractivity contribution is -0.274. The smallest absolute Gasteiger partial charge is 0.406 e. The van der Waals surface area contributed by atoms with E-state index in [0.29, 0.717) is 4.88 Å². The number of alkyl halides is 3. The molecule has 0 aliphatic carbocycles. The molecule has 2 N–H and O–H groups in total. The Bertz CT molecular complexity index is 713. The fourth-order valence-corrected chi connectivity index (χ4v) is 3.38. The number of hydrogen-bond acceptors (Lipinski definition) is 4. The van der Waals surface area contributed by atoms with Gasteiger partial charge in [0.2, 0.25) is 0 Å². The minimum atomic E-state index is -4.70. The minimum absolute atomic E-state index is 0. The number of nitrogens with one attached hydrogen (secondary N) is 2. The summed E-state index contributed by atoms with van der Waals surface area (Å²) in [4.78, 5) is 13.6. The van der Waals surface area contributed by atoms with Gasteiger partial charge < -0.3 is 15.4 Å². The lowest BCUT2D eigenvalue weighted by Gasteiger charge is -2.09. The summed E-state index contributed by atoms with van der Waals surface area (Å²) in [5.74, 6) is -0.397. The van der Waals surface area contributed by atoms with Gasteiger partial charge in [-0.3, -0.25) is 4.79 Å². The van der Waals surface area contributed by atoms with Crippen LogP contribution in [0.2, 0.25) is 0 Å². The molecule has 1 aromatic heterocycles. The second-order valence-electron chi connectivity index (χ2n) is 5.40. The van der Waals surface area contributed by atoms with Crippen LogP contribution in [-0.2, 0) is 0 Å². The highest BCUT2D eigenvalue weighted by atomic mass is 35.5. The lowest BCUT2D eigenvalue weighted by atomic mass is 10.2. The van der Waals surface area contributed by atoms with E-state index >= 15 is 0 Å². The molecule has 1 unspecified atom stereocenters. The van der Waals surface area contributed by atoms with Crippen molar-refractivity contribution < 1.29 is 22.7 Å². The van der Waals surface area contributed by atoms with E-state index < -0.39 is 6.36 Å². The zero-order chi connectivity index (χ0) is 17.2. The first-order valence-electron chi connectivity index (χ1n) is 7.38. The lowest BCUT2D eigenvalue weighted by Crippen LogP contribution is -2.35. The van der Waals surface area contributed by atoms with Crippen molar-refractivity contribution in [2.45, 2.75) is 18.8 Å². The molecule has 3 rings (SSSR count). The summed E-state index contributed by atoms with van der Waals surface area (Å²) in [5.41, 5.74) is 0.733. The quantitative estimate of drug-likeness (QED) is 0.831. The molecule has 0 radical (unpaired) electrons. The summed E-state index contributed by atoms with van der Waals surface area (Å²) in [6, 6.07) is 9.23. The Morgan fingerprint density at radius 3 is 2.52 bits per heavy atom. The van der Waals surface area contributed by atoms with Crippen LogP contribution in [0.4, 0.5) is 13.2 Å². The average Bonchev–Trinajstić information content (AvgIpc) is 3.17. The SMILES string of the molecule is Cl.O=C(NC1CCNC1)c1ccc(-c2ccc(OC(F)(F)F)cc2)s1. The molecule has 1 fully saturated rings. The van der Waals surface area contributed by atoms with E-state index in [0.717, 1.165) is 30.0 Å². The zero-order valence-corrected chi connectivity index (χ0v) is 14.6. The highest BCUT2D eigenvalue weighted by Crippen LogP contribution is 2.31. The van der Waals surface area contributed by atoms with Crippen LogP contribution in [0.5, 0.6) is 5.75 Å². The van der Waals surface area contributed by atoms with Crippen molar-refractivity contribution in [2.24, 2.45) is 0 Å². The maximum absolute atomic E-state index is 12.2. The molecular formula is C16H16ClF3N2O2S. The molecule has 1 atom stereocenters. The largest absolute Gasteiger partial charge is 0.573 e. The topological polar surface area (TPSA) is 50.4 Å². The van der Waals surface area contributed by atoms with Crippen molar-refractivity contribution in [1.82, 2.24) is 10.6 Å². The third kappa shape index (κ3) is 5.35. The number of carbonyl (C=O) groups excluding carboxylic acids is 1. The number of thiophene rings is 1. The van der Waals surface area contributed by atoms with Gasteiger partial charge in [-0.2, -0.15) is 0 Å². The van der Waals surface area contributed by atoms with Crippen LogP contribution >= 0.6 is 23.7 Å². The van der Waals surface area contributed by atoms with Gasteiger partial charge in [-0.15, -0.1) is 36.9 Å². The molecule has 2 aromatic rings. The monoisotopic (exact) mass is 392 g/mol. The van der Waals surface area contributed by atoms with Crippen LogP contribution in [0.25, 0.3) is 10.4 Å². The molecule has 1 aromatic carbocycles. The van der Waals surface area contributed by atoms with Crippen molar-refractivity contribution in [2.75, 3.05) is 13.1 Å². The maximum Gasteiger partial charge on any atom is 0.573 e. The standard InChI is InChI=1S/C16H15F3N2O2S.ClH/c17-16(18,19)23-12-3-1-10(2-4-12)13-5-6-14(24-13)15(22)21-11-7-8-20-9-11;/h1-6,11,20H,7-9H2,(H,21,22);1H. The van der Waals surface area contributed by atoms with E-state index in [4.69, 9.17) is 0 Å². The highest BCUT2D eigenvalue weighted by molar-refractivity contribution is 7.17. The molecule has 136 valence electrons. The third-order valence-electron chi connectivity index (χ3n) is 3.60. The van der Waals surface area contributed by atoms with Crippen LogP contribution in [0, 0.1) is 0 Å². The number of hydrogen-bond donors (Lipinski definition) is 2. The number of carbonyl (C=O) groups is 1. The predicted molar refractivity (Wildman–Crippen MR) is 92.4 cm³/mol. The number of benzene rings is 1. The number of rotatable bonds is 4. The fraction of sp³-hybridized carbons (Fsp3) is 0.312. The van der Waals surface area contributed by atoms with E-state index in [1.807, 2.05) is 0 Å². The summed E-state index contributed by atoms with van der Waals surface area (Å²) in [7, 11) is 0. The Morgan fingerprint density at radius 2 is 1.92 bits per heavy atom. The van der Waals surface area contributed by atoms with Crippen LogP contribution in [0.1, 0.15) is 16.1 Å². The van der Waals surface area contributed by atoms with E-state index in [1.54, 1.807) is 12.1 Å². The van der Waals surface area contributed by atoms with Gasteiger partial charge in [0.1, 0.15) is 5.75 Å².